The van der Waals surface area contributed by atoms with Crippen molar-refractivity contribution in [1.82, 2.24) is 15.3 Å². The molecule has 0 bridgehead atoms. The highest BCUT2D eigenvalue weighted by atomic mass is 16.5. The maximum Gasteiger partial charge on any atom is 0.120 e. The summed E-state index contributed by atoms with van der Waals surface area (Å²) in [6, 6.07) is 5.21. The zero-order valence-corrected chi connectivity index (χ0v) is 10.3. The van der Waals surface area contributed by atoms with Crippen molar-refractivity contribution in [3.8, 4) is 11.5 Å². The zero-order chi connectivity index (χ0) is 12.8. The van der Waals surface area contributed by atoms with E-state index in [2.05, 4.69) is 15.3 Å². The molecule has 0 saturated heterocycles. The Labute approximate surface area is 106 Å². The van der Waals surface area contributed by atoms with Gasteiger partial charge in [0.25, 0.3) is 0 Å². The Kier molecular flexibility index (Phi) is 4.20. The maximum atomic E-state index is 9.70. The van der Waals surface area contributed by atoms with Gasteiger partial charge in [0.05, 0.1) is 7.11 Å². The summed E-state index contributed by atoms with van der Waals surface area (Å²) in [7, 11) is 1.61. The van der Waals surface area contributed by atoms with E-state index in [-0.39, 0.29) is 5.75 Å². The van der Waals surface area contributed by atoms with Crippen molar-refractivity contribution < 1.29 is 9.84 Å². The number of hydrogen-bond donors (Lipinski definition) is 3. The summed E-state index contributed by atoms with van der Waals surface area (Å²) < 4.78 is 5.12. The molecule has 5 heteroatoms. The average Bonchev–Trinajstić information content (AvgIpc) is 2.89. The molecule has 0 amide bonds. The molecule has 96 valence electrons. The van der Waals surface area contributed by atoms with Crippen LogP contribution in [0.25, 0.3) is 0 Å². The fourth-order valence-electron chi connectivity index (χ4n) is 1.69. The van der Waals surface area contributed by atoms with Gasteiger partial charge in [-0.1, -0.05) is 0 Å². The fraction of sp³-hybridized carbons (Fsp3) is 0.308. The third kappa shape index (κ3) is 3.24. The predicted molar refractivity (Wildman–Crippen MR) is 68.7 cm³/mol. The molecule has 0 fully saturated rings. The van der Waals surface area contributed by atoms with E-state index in [1.165, 1.54) is 0 Å². The van der Waals surface area contributed by atoms with Crippen molar-refractivity contribution in [2.75, 3.05) is 13.7 Å². The zero-order valence-electron chi connectivity index (χ0n) is 10.3. The molecule has 0 atom stereocenters. The van der Waals surface area contributed by atoms with Crippen molar-refractivity contribution in [3.05, 3.63) is 42.0 Å². The van der Waals surface area contributed by atoms with Gasteiger partial charge in [-0.15, -0.1) is 0 Å². The topological polar surface area (TPSA) is 70.2 Å². The Bertz CT molecular complexity index is 483. The minimum atomic E-state index is 0.279. The van der Waals surface area contributed by atoms with Crippen LogP contribution >= 0.6 is 0 Å². The van der Waals surface area contributed by atoms with Crippen LogP contribution in [0.1, 0.15) is 11.4 Å². The highest BCUT2D eigenvalue weighted by Crippen LogP contribution is 2.22. The van der Waals surface area contributed by atoms with E-state index < -0.39 is 0 Å². The molecule has 3 N–H and O–H groups in total. The lowest BCUT2D eigenvalue weighted by atomic mass is 10.2. The second-order valence-electron chi connectivity index (χ2n) is 3.96. The first-order chi connectivity index (χ1) is 8.79. The van der Waals surface area contributed by atoms with Crippen molar-refractivity contribution in [3.63, 3.8) is 0 Å². The number of aromatic amines is 1. The van der Waals surface area contributed by atoms with E-state index in [1.807, 2.05) is 12.3 Å². The lowest BCUT2D eigenvalue weighted by Crippen LogP contribution is -2.17. The molecule has 0 saturated carbocycles. The highest BCUT2D eigenvalue weighted by molar-refractivity contribution is 5.39. The van der Waals surface area contributed by atoms with Gasteiger partial charge in [0.1, 0.15) is 17.3 Å². The average molecular weight is 247 g/mol. The number of methoxy groups -OCH3 is 1. The fourth-order valence-corrected chi connectivity index (χ4v) is 1.69. The van der Waals surface area contributed by atoms with Gasteiger partial charge in [-0.2, -0.15) is 0 Å². The number of phenols is 1. The number of imidazole rings is 1. The van der Waals surface area contributed by atoms with Crippen LogP contribution < -0.4 is 10.1 Å². The van der Waals surface area contributed by atoms with E-state index in [0.29, 0.717) is 6.54 Å². The van der Waals surface area contributed by atoms with Crippen molar-refractivity contribution in [2.45, 2.75) is 13.0 Å². The minimum Gasteiger partial charge on any atom is -0.508 e. The van der Waals surface area contributed by atoms with Crippen LogP contribution in [0.15, 0.2) is 30.6 Å². The number of nitrogens with one attached hydrogen (secondary N) is 2. The predicted octanol–water partition coefficient (Wildman–Crippen LogP) is 1.46. The highest BCUT2D eigenvalue weighted by Gasteiger charge is 2.03. The number of benzene rings is 1. The quantitative estimate of drug-likeness (QED) is 0.676. The van der Waals surface area contributed by atoms with Crippen LogP contribution in [-0.2, 0) is 13.0 Å². The summed E-state index contributed by atoms with van der Waals surface area (Å²) in [6.07, 6.45) is 4.38. The van der Waals surface area contributed by atoms with Crippen LogP contribution in [0.4, 0.5) is 0 Å². The molecule has 0 unspecified atom stereocenters. The van der Waals surface area contributed by atoms with Gasteiger partial charge in [-0.05, 0) is 18.2 Å². The molecule has 1 heterocycles. The molecule has 0 aliphatic heterocycles. The number of aromatic hydroxyl groups is 1. The molecule has 0 radical (unpaired) electrons. The molecule has 2 rings (SSSR count). The van der Waals surface area contributed by atoms with E-state index in [1.54, 1.807) is 25.4 Å². The monoisotopic (exact) mass is 247 g/mol. The lowest BCUT2D eigenvalue weighted by molar-refractivity contribution is 0.410. The molecule has 1 aromatic carbocycles. The van der Waals surface area contributed by atoms with Gasteiger partial charge in [0, 0.05) is 37.5 Å². The van der Waals surface area contributed by atoms with Crippen LogP contribution in [0.2, 0.25) is 0 Å². The first-order valence-electron chi connectivity index (χ1n) is 5.84. The Hall–Kier alpha value is -2.01. The first-order valence-corrected chi connectivity index (χ1v) is 5.84. The number of hydrogen-bond acceptors (Lipinski definition) is 4. The van der Waals surface area contributed by atoms with Crippen molar-refractivity contribution in [1.29, 1.82) is 0 Å². The maximum absolute atomic E-state index is 9.70. The van der Waals surface area contributed by atoms with Crippen molar-refractivity contribution >= 4 is 0 Å². The number of ether oxygens (including phenoxy) is 1. The molecule has 5 nitrogen and oxygen atoms in total. The standard InChI is InChI=1S/C13H17N3O2/c1-18-11-2-3-12(17)10(8-11)9-14-5-4-13-15-6-7-16-13/h2-3,6-8,14,17H,4-5,9H2,1H3,(H,15,16). The molecule has 0 spiro atoms. The summed E-state index contributed by atoms with van der Waals surface area (Å²) in [4.78, 5) is 7.19. The third-order valence-electron chi connectivity index (χ3n) is 2.70. The van der Waals surface area contributed by atoms with Crippen LogP contribution in [0.5, 0.6) is 11.5 Å². The van der Waals surface area contributed by atoms with Crippen LogP contribution in [0.3, 0.4) is 0 Å². The van der Waals surface area contributed by atoms with Gasteiger partial charge in [0.15, 0.2) is 0 Å². The number of H-pyrrole nitrogens is 1. The molecule has 18 heavy (non-hydrogen) atoms. The Morgan fingerprint density at radius 2 is 2.33 bits per heavy atom. The minimum absolute atomic E-state index is 0.279. The Morgan fingerprint density at radius 3 is 3.06 bits per heavy atom. The lowest BCUT2D eigenvalue weighted by Gasteiger charge is -2.08. The van der Waals surface area contributed by atoms with E-state index in [0.717, 1.165) is 30.1 Å². The SMILES string of the molecule is COc1ccc(O)c(CNCCc2ncc[nH]2)c1. The summed E-state index contributed by atoms with van der Waals surface area (Å²) in [5, 5.41) is 13.0. The summed E-state index contributed by atoms with van der Waals surface area (Å²) >= 11 is 0. The molecule has 0 aliphatic rings. The van der Waals surface area contributed by atoms with E-state index in [4.69, 9.17) is 4.74 Å². The van der Waals surface area contributed by atoms with Gasteiger partial charge < -0.3 is 20.1 Å². The number of aromatic nitrogens is 2. The van der Waals surface area contributed by atoms with E-state index >= 15 is 0 Å². The molecular formula is C13H17N3O2. The number of phenolic OH excluding ortho intramolecular Hbond substituents is 1. The van der Waals surface area contributed by atoms with Crippen LogP contribution in [0, 0.1) is 0 Å². The van der Waals surface area contributed by atoms with Gasteiger partial charge in [0.2, 0.25) is 0 Å². The second-order valence-corrected chi connectivity index (χ2v) is 3.96. The molecule has 0 aliphatic carbocycles. The van der Waals surface area contributed by atoms with Crippen molar-refractivity contribution in [2.24, 2.45) is 0 Å². The second kappa shape index (κ2) is 6.07. The smallest absolute Gasteiger partial charge is 0.120 e. The molecule has 2 aromatic rings. The van der Waals surface area contributed by atoms with Gasteiger partial charge in [-0.25, -0.2) is 4.98 Å². The van der Waals surface area contributed by atoms with E-state index in [9.17, 15) is 5.11 Å². The van der Waals surface area contributed by atoms with Gasteiger partial charge in [-0.3, -0.25) is 0 Å². The normalized spacial score (nSPS) is 10.5. The third-order valence-corrected chi connectivity index (χ3v) is 2.70. The summed E-state index contributed by atoms with van der Waals surface area (Å²) in [6.45, 7) is 1.40. The summed E-state index contributed by atoms with van der Waals surface area (Å²) in [5.74, 6) is 1.98. The first kappa shape index (κ1) is 12.4. The summed E-state index contributed by atoms with van der Waals surface area (Å²) in [5.41, 5.74) is 0.828. The number of nitrogens with zero attached hydrogens (tertiary/aromatic N) is 1. The number of rotatable bonds is 6. The van der Waals surface area contributed by atoms with Crippen LogP contribution in [-0.4, -0.2) is 28.7 Å². The van der Waals surface area contributed by atoms with Gasteiger partial charge >= 0.3 is 0 Å². The molecule has 1 aromatic heterocycles. The Morgan fingerprint density at radius 1 is 1.44 bits per heavy atom. The molecular weight excluding hydrogens is 230 g/mol. The largest absolute Gasteiger partial charge is 0.508 e. The Balaban J connectivity index is 1.82.